The fraction of sp³-hybridized carbons (Fsp3) is 0.154. The van der Waals surface area contributed by atoms with Gasteiger partial charge in [-0.05, 0) is 24.1 Å². The molecule has 19 heavy (non-hydrogen) atoms. The van der Waals surface area contributed by atoms with Crippen LogP contribution < -0.4 is 4.72 Å². The summed E-state index contributed by atoms with van der Waals surface area (Å²) in [5.74, 6) is -0.800. The molecule has 0 aliphatic heterocycles. The molecular formula is C13H13FN2O2S. The molecule has 0 unspecified atom stereocenters. The Bertz CT molecular complexity index is 645. The Morgan fingerprint density at radius 1 is 1.05 bits per heavy atom. The van der Waals surface area contributed by atoms with E-state index in [1.165, 1.54) is 12.1 Å². The molecule has 1 N–H and O–H groups in total. The molecule has 0 saturated heterocycles. The van der Waals surface area contributed by atoms with Crippen molar-refractivity contribution in [3.05, 3.63) is 60.0 Å². The number of halogens is 1. The molecule has 1 aromatic carbocycles. The third-order valence-electron chi connectivity index (χ3n) is 2.48. The third kappa shape index (κ3) is 4.33. The minimum atomic E-state index is -3.53. The SMILES string of the molecule is O=S(=O)(CCc1ccccc1)Nc1cccc(F)n1. The zero-order valence-electron chi connectivity index (χ0n) is 10.1. The first-order valence-corrected chi connectivity index (χ1v) is 7.37. The topological polar surface area (TPSA) is 59.1 Å². The van der Waals surface area contributed by atoms with E-state index in [0.29, 0.717) is 6.42 Å². The van der Waals surface area contributed by atoms with Crippen LogP contribution in [-0.4, -0.2) is 19.2 Å². The van der Waals surface area contributed by atoms with Crippen molar-refractivity contribution >= 4 is 15.8 Å². The molecule has 0 atom stereocenters. The van der Waals surface area contributed by atoms with E-state index in [0.717, 1.165) is 11.6 Å². The first-order valence-electron chi connectivity index (χ1n) is 5.72. The van der Waals surface area contributed by atoms with Crippen LogP contribution in [0.3, 0.4) is 0 Å². The summed E-state index contributed by atoms with van der Waals surface area (Å²) in [5, 5.41) is 0. The van der Waals surface area contributed by atoms with E-state index in [9.17, 15) is 12.8 Å². The number of hydrogen-bond acceptors (Lipinski definition) is 3. The van der Waals surface area contributed by atoms with Crippen molar-refractivity contribution in [2.24, 2.45) is 0 Å². The Morgan fingerprint density at radius 2 is 1.79 bits per heavy atom. The lowest BCUT2D eigenvalue weighted by Gasteiger charge is -2.07. The molecule has 0 saturated carbocycles. The zero-order chi connectivity index (χ0) is 13.7. The van der Waals surface area contributed by atoms with Crippen molar-refractivity contribution in [2.75, 3.05) is 10.5 Å². The van der Waals surface area contributed by atoms with Gasteiger partial charge in [-0.3, -0.25) is 4.72 Å². The fourth-order valence-electron chi connectivity index (χ4n) is 1.57. The molecule has 0 bridgehead atoms. The molecule has 0 aliphatic carbocycles. The van der Waals surface area contributed by atoms with Gasteiger partial charge in [-0.2, -0.15) is 4.39 Å². The number of nitrogens with zero attached hydrogens (tertiary/aromatic N) is 1. The van der Waals surface area contributed by atoms with Crippen LogP contribution in [0.5, 0.6) is 0 Å². The smallest absolute Gasteiger partial charge is 0.234 e. The summed E-state index contributed by atoms with van der Waals surface area (Å²) in [6.07, 6.45) is 0.394. The number of benzene rings is 1. The molecule has 2 rings (SSSR count). The van der Waals surface area contributed by atoms with Crippen LogP contribution in [0.2, 0.25) is 0 Å². The van der Waals surface area contributed by atoms with Crippen molar-refractivity contribution < 1.29 is 12.8 Å². The van der Waals surface area contributed by atoms with Crippen molar-refractivity contribution in [1.29, 1.82) is 0 Å². The number of nitrogens with one attached hydrogen (secondary N) is 1. The quantitative estimate of drug-likeness (QED) is 0.854. The molecule has 0 fully saturated rings. The van der Waals surface area contributed by atoms with E-state index >= 15 is 0 Å². The number of rotatable bonds is 5. The summed E-state index contributed by atoms with van der Waals surface area (Å²) in [6.45, 7) is 0. The molecule has 2 aromatic rings. The molecule has 0 spiro atoms. The van der Waals surface area contributed by atoms with Gasteiger partial charge in [-0.1, -0.05) is 36.4 Å². The first kappa shape index (κ1) is 13.5. The molecule has 1 aromatic heterocycles. The van der Waals surface area contributed by atoms with Crippen molar-refractivity contribution in [1.82, 2.24) is 4.98 Å². The van der Waals surface area contributed by atoms with Gasteiger partial charge in [0.2, 0.25) is 16.0 Å². The molecule has 0 radical (unpaired) electrons. The summed E-state index contributed by atoms with van der Waals surface area (Å²) < 4.78 is 38.7. The van der Waals surface area contributed by atoms with Crippen LogP contribution in [0.4, 0.5) is 10.2 Å². The van der Waals surface area contributed by atoms with Gasteiger partial charge in [0.15, 0.2) is 0 Å². The van der Waals surface area contributed by atoms with Crippen LogP contribution in [0.1, 0.15) is 5.56 Å². The summed E-state index contributed by atoms with van der Waals surface area (Å²) in [4.78, 5) is 3.46. The Labute approximate surface area is 111 Å². The van der Waals surface area contributed by atoms with Crippen LogP contribution in [-0.2, 0) is 16.4 Å². The predicted octanol–water partition coefficient (Wildman–Crippen LogP) is 2.21. The predicted molar refractivity (Wildman–Crippen MR) is 71.8 cm³/mol. The average Bonchev–Trinajstić information content (AvgIpc) is 2.37. The van der Waals surface area contributed by atoms with Crippen molar-refractivity contribution in [2.45, 2.75) is 6.42 Å². The highest BCUT2D eigenvalue weighted by atomic mass is 32.2. The zero-order valence-corrected chi connectivity index (χ0v) is 10.9. The number of sulfonamides is 1. The van der Waals surface area contributed by atoms with Crippen LogP contribution in [0.15, 0.2) is 48.5 Å². The van der Waals surface area contributed by atoms with Gasteiger partial charge in [-0.15, -0.1) is 0 Å². The molecule has 1 heterocycles. The summed E-state index contributed by atoms with van der Waals surface area (Å²) in [5.41, 5.74) is 0.931. The maximum Gasteiger partial charge on any atom is 0.234 e. The van der Waals surface area contributed by atoms with Gasteiger partial charge in [0.05, 0.1) is 5.75 Å². The van der Waals surface area contributed by atoms with Gasteiger partial charge in [-0.25, -0.2) is 13.4 Å². The lowest BCUT2D eigenvalue weighted by atomic mass is 10.2. The third-order valence-corrected chi connectivity index (χ3v) is 3.74. The number of aryl methyl sites for hydroxylation is 1. The molecule has 6 heteroatoms. The molecule has 4 nitrogen and oxygen atoms in total. The monoisotopic (exact) mass is 280 g/mol. The van der Waals surface area contributed by atoms with E-state index in [1.807, 2.05) is 30.3 Å². The summed E-state index contributed by atoms with van der Waals surface area (Å²) >= 11 is 0. The van der Waals surface area contributed by atoms with Crippen molar-refractivity contribution in [3.8, 4) is 0 Å². The van der Waals surface area contributed by atoms with E-state index < -0.39 is 16.0 Å². The molecule has 0 aliphatic rings. The molecular weight excluding hydrogens is 267 g/mol. The lowest BCUT2D eigenvalue weighted by molar-refractivity contribution is 0.584. The Kier molecular flexibility index (Phi) is 4.11. The van der Waals surface area contributed by atoms with Gasteiger partial charge < -0.3 is 0 Å². The normalized spacial score (nSPS) is 11.2. The Balaban J connectivity index is 1.99. The number of aromatic nitrogens is 1. The standard InChI is InChI=1S/C13H13FN2O2S/c14-12-7-4-8-13(15-12)16-19(17,18)10-9-11-5-2-1-3-6-11/h1-8H,9-10H2,(H,15,16). The summed E-state index contributed by atoms with van der Waals surface area (Å²) in [6, 6.07) is 13.2. The number of anilines is 1. The lowest BCUT2D eigenvalue weighted by Crippen LogP contribution is -2.19. The van der Waals surface area contributed by atoms with E-state index in [4.69, 9.17) is 0 Å². The number of hydrogen-bond donors (Lipinski definition) is 1. The van der Waals surface area contributed by atoms with E-state index in [1.54, 1.807) is 0 Å². The Morgan fingerprint density at radius 3 is 2.47 bits per heavy atom. The maximum absolute atomic E-state index is 12.8. The highest BCUT2D eigenvalue weighted by molar-refractivity contribution is 7.92. The highest BCUT2D eigenvalue weighted by Crippen LogP contribution is 2.08. The van der Waals surface area contributed by atoms with E-state index in [2.05, 4.69) is 9.71 Å². The van der Waals surface area contributed by atoms with Gasteiger partial charge in [0, 0.05) is 0 Å². The first-order chi connectivity index (χ1) is 9.05. The second kappa shape index (κ2) is 5.79. The fourth-order valence-corrected chi connectivity index (χ4v) is 2.61. The van der Waals surface area contributed by atoms with E-state index in [-0.39, 0.29) is 11.6 Å². The maximum atomic E-state index is 12.8. The average molecular weight is 280 g/mol. The second-order valence-corrected chi connectivity index (χ2v) is 5.84. The van der Waals surface area contributed by atoms with Crippen LogP contribution >= 0.6 is 0 Å². The minimum Gasteiger partial charge on any atom is -0.267 e. The van der Waals surface area contributed by atoms with Crippen LogP contribution in [0, 0.1) is 5.95 Å². The largest absolute Gasteiger partial charge is 0.267 e. The summed E-state index contributed by atoms with van der Waals surface area (Å²) in [7, 11) is -3.53. The minimum absolute atomic E-state index is 0.00642. The van der Waals surface area contributed by atoms with Gasteiger partial charge in [0.1, 0.15) is 5.82 Å². The molecule has 100 valence electrons. The van der Waals surface area contributed by atoms with Gasteiger partial charge in [0.25, 0.3) is 0 Å². The second-order valence-electron chi connectivity index (χ2n) is 4.00. The van der Waals surface area contributed by atoms with Crippen molar-refractivity contribution in [3.63, 3.8) is 0 Å². The highest BCUT2D eigenvalue weighted by Gasteiger charge is 2.11. The molecule has 0 amide bonds. The number of pyridine rings is 1. The Hall–Kier alpha value is -1.95. The van der Waals surface area contributed by atoms with Gasteiger partial charge >= 0.3 is 0 Å². The van der Waals surface area contributed by atoms with Crippen LogP contribution in [0.25, 0.3) is 0 Å².